The maximum atomic E-state index is 12.6. The second-order valence-electron chi connectivity index (χ2n) is 5.83. The molecular weight excluding hydrogens is 432 g/mol. The molecule has 1 amide bonds. The number of aromatic nitrogens is 2. The van der Waals surface area contributed by atoms with E-state index in [-0.39, 0.29) is 12.1 Å². The molecule has 140 valence electrons. The van der Waals surface area contributed by atoms with E-state index in [0.717, 1.165) is 20.5 Å². The van der Waals surface area contributed by atoms with Gasteiger partial charge in [-0.1, -0.05) is 0 Å². The molecule has 0 radical (unpaired) electrons. The largest absolute Gasteiger partial charge is 0.496 e. The highest BCUT2D eigenvalue weighted by Gasteiger charge is 2.13. The SMILES string of the molecule is COc1ccc(/C=N\NC(=O)Cn2cnc3sc(C)c(C)c3c2=O)cc1Br. The van der Waals surface area contributed by atoms with E-state index >= 15 is 0 Å². The number of aryl methyl sites for hydroxylation is 2. The molecule has 3 aromatic rings. The molecule has 2 heterocycles. The van der Waals surface area contributed by atoms with E-state index in [1.54, 1.807) is 13.2 Å². The van der Waals surface area contributed by atoms with Crippen molar-refractivity contribution in [2.75, 3.05) is 7.11 Å². The molecule has 2 aromatic heterocycles. The molecule has 0 bridgehead atoms. The van der Waals surface area contributed by atoms with Crippen LogP contribution in [0.3, 0.4) is 0 Å². The fourth-order valence-corrected chi connectivity index (χ4v) is 4.06. The number of rotatable bonds is 5. The van der Waals surface area contributed by atoms with Gasteiger partial charge in [-0.25, -0.2) is 10.4 Å². The molecule has 0 saturated carbocycles. The van der Waals surface area contributed by atoms with E-state index in [2.05, 4.69) is 31.4 Å². The molecule has 0 aliphatic carbocycles. The molecule has 7 nitrogen and oxygen atoms in total. The van der Waals surface area contributed by atoms with E-state index in [1.807, 2.05) is 26.0 Å². The summed E-state index contributed by atoms with van der Waals surface area (Å²) >= 11 is 4.86. The van der Waals surface area contributed by atoms with Crippen LogP contribution >= 0.6 is 27.3 Å². The summed E-state index contributed by atoms with van der Waals surface area (Å²) in [6, 6.07) is 5.42. The van der Waals surface area contributed by atoms with Crippen LogP contribution in [-0.4, -0.2) is 28.8 Å². The Hall–Kier alpha value is -2.52. The number of ether oxygens (including phenoxy) is 1. The lowest BCUT2D eigenvalue weighted by Crippen LogP contribution is -2.30. The van der Waals surface area contributed by atoms with Crippen LogP contribution in [0.15, 0.2) is 38.9 Å². The predicted octanol–water partition coefficient (Wildman–Crippen LogP) is 3.00. The Kier molecular flexibility index (Phi) is 5.71. The second kappa shape index (κ2) is 8.01. The van der Waals surface area contributed by atoms with E-state index in [4.69, 9.17) is 4.74 Å². The Morgan fingerprint density at radius 2 is 2.22 bits per heavy atom. The van der Waals surface area contributed by atoms with Crippen molar-refractivity contribution in [2.24, 2.45) is 5.10 Å². The van der Waals surface area contributed by atoms with Gasteiger partial charge in [0.15, 0.2) is 0 Å². The van der Waals surface area contributed by atoms with Crippen molar-refractivity contribution in [1.82, 2.24) is 15.0 Å². The zero-order valence-electron chi connectivity index (χ0n) is 14.9. The fourth-order valence-electron chi connectivity index (χ4n) is 2.51. The Bertz CT molecular complexity index is 1100. The van der Waals surface area contributed by atoms with Gasteiger partial charge in [0, 0.05) is 4.88 Å². The number of nitrogens with one attached hydrogen (secondary N) is 1. The highest BCUT2D eigenvalue weighted by atomic mass is 79.9. The predicted molar refractivity (Wildman–Crippen MR) is 110 cm³/mol. The van der Waals surface area contributed by atoms with Crippen molar-refractivity contribution >= 4 is 49.6 Å². The molecule has 0 aliphatic heterocycles. The van der Waals surface area contributed by atoms with Crippen LogP contribution < -0.4 is 15.7 Å². The molecule has 0 fully saturated rings. The van der Waals surface area contributed by atoms with Crippen LogP contribution in [-0.2, 0) is 11.3 Å². The van der Waals surface area contributed by atoms with Gasteiger partial charge in [-0.2, -0.15) is 5.10 Å². The number of nitrogens with zero attached hydrogens (tertiary/aromatic N) is 3. The highest BCUT2D eigenvalue weighted by molar-refractivity contribution is 9.10. The Morgan fingerprint density at radius 1 is 1.44 bits per heavy atom. The quantitative estimate of drug-likeness (QED) is 0.480. The fraction of sp³-hybridized carbons (Fsp3) is 0.222. The minimum Gasteiger partial charge on any atom is -0.496 e. The Morgan fingerprint density at radius 3 is 2.93 bits per heavy atom. The summed E-state index contributed by atoms with van der Waals surface area (Å²) in [7, 11) is 1.58. The molecule has 0 aliphatic rings. The van der Waals surface area contributed by atoms with Crippen molar-refractivity contribution < 1.29 is 9.53 Å². The van der Waals surface area contributed by atoms with Crippen molar-refractivity contribution in [1.29, 1.82) is 0 Å². The number of halogens is 1. The lowest BCUT2D eigenvalue weighted by atomic mass is 10.2. The number of hydrazone groups is 1. The van der Waals surface area contributed by atoms with E-state index in [1.165, 1.54) is 28.4 Å². The average Bonchev–Trinajstić information content (AvgIpc) is 2.92. The summed E-state index contributed by atoms with van der Waals surface area (Å²) in [5.41, 5.74) is 3.89. The number of methoxy groups -OCH3 is 1. The van der Waals surface area contributed by atoms with Crippen LogP contribution in [0.5, 0.6) is 5.75 Å². The van der Waals surface area contributed by atoms with E-state index < -0.39 is 5.91 Å². The van der Waals surface area contributed by atoms with Gasteiger partial charge < -0.3 is 4.74 Å². The normalized spacial score (nSPS) is 11.3. The molecule has 0 saturated heterocycles. The van der Waals surface area contributed by atoms with Gasteiger partial charge in [0.2, 0.25) is 0 Å². The van der Waals surface area contributed by atoms with E-state index in [0.29, 0.717) is 16.0 Å². The molecular formula is C18H17BrN4O3S. The van der Waals surface area contributed by atoms with Gasteiger partial charge >= 0.3 is 0 Å². The van der Waals surface area contributed by atoms with Crippen LogP contribution in [0.25, 0.3) is 10.2 Å². The third kappa shape index (κ3) is 4.09. The number of benzene rings is 1. The molecule has 0 atom stereocenters. The first-order valence-corrected chi connectivity index (χ1v) is 9.62. The number of thiophene rings is 1. The van der Waals surface area contributed by atoms with Gasteiger partial charge in [0.25, 0.3) is 11.5 Å². The maximum Gasteiger partial charge on any atom is 0.262 e. The Labute approximate surface area is 167 Å². The summed E-state index contributed by atoms with van der Waals surface area (Å²) in [4.78, 5) is 30.7. The lowest BCUT2D eigenvalue weighted by Gasteiger charge is -2.05. The average molecular weight is 449 g/mol. The first-order valence-electron chi connectivity index (χ1n) is 8.01. The molecule has 1 N–H and O–H groups in total. The Balaban J connectivity index is 1.70. The second-order valence-corrected chi connectivity index (χ2v) is 7.89. The van der Waals surface area contributed by atoms with Gasteiger partial charge in [-0.3, -0.25) is 14.2 Å². The maximum absolute atomic E-state index is 12.6. The number of amides is 1. The summed E-state index contributed by atoms with van der Waals surface area (Å²) in [5, 5.41) is 4.50. The lowest BCUT2D eigenvalue weighted by molar-refractivity contribution is -0.121. The number of carbonyl (C=O) groups excluding carboxylic acids is 1. The smallest absolute Gasteiger partial charge is 0.262 e. The van der Waals surface area contributed by atoms with Crippen LogP contribution in [0, 0.1) is 13.8 Å². The number of hydrogen-bond donors (Lipinski definition) is 1. The number of fused-ring (bicyclic) bond motifs is 1. The van der Waals surface area contributed by atoms with Crippen molar-refractivity contribution in [2.45, 2.75) is 20.4 Å². The van der Waals surface area contributed by atoms with Crippen molar-refractivity contribution in [3.05, 3.63) is 55.4 Å². The molecule has 0 unspecified atom stereocenters. The third-order valence-electron chi connectivity index (χ3n) is 4.05. The zero-order valence-corrected chi connectivity index (χ0v) is 17.3. The molecule has 27 heavy (non-hydrogen) atoms. The van der Waals surface area contributed by atoms with Crippen molar-refractivity contribution in [3.63, 3.8) is 0 Å². The first kappa shape index (κ1) is 19.2. The van der Waals surface area contributed by atoms with Crippen LogP contribution in [0.1, 0.15) is 16.0 Å². The van der Waals surface area contributed by atoms with E-state index in [9.17, 15) is 9.59 Å². The van der Waals surface area contributed by atoms with Crippen LogP contribution in [0.2, 0.25) is 0 Å². The van der Waals surface area contributed by atoms with Gasteiger partial charge in [0.05, 0.1) is 29.5 Å². The van der Waals surface area contributed by atoms with Crippen LogP contribution in [0.4, 0.5) is 0 Å². The molecule has 1 aromatic carbocycles. The third-order valence-corrected chi connectivity index (χ3v) is 5.78. The number of carbonyl (C=O) groups is 1. The van der Waals surface area contributed by atoms with Crippen molar-refractivity contribution in [3.8, 4) is 5.75 Å². The summed E-state index contributed by atoms with van der Waals surface area (Å²) in [6.45, 7) is 3.68. The molecule has 3 rings (SSSR count). The van der Waals surface area contributed by atoms with Gasteiger partial charge in [0.1, 0.15) is 17.1 Å². The summed E-state index contributed by atoms with van der Waals surface area (Å²) in [6.07, 6.45) is 2.91. The molecule has 9 heteroatoms. The highest BCUT2D eigenvalue weighted by Crippen LogP contribution is 2.25. The standard InChI is InChI=1S/C18H17BrN4O3S/c1-10-11(2)27-17-16(10)18(25)23(9-20-17)8-15(24)22-21-7-12-4-5-14(26-3)13(19)6-12/h4-7,9H,8H2,1-3H3,(H,22,24)/b21-7-. The topological polar surface area (TPSA) is 85.6 Å². The van der Waals surface area contributed by atoms with Gasteiger partial charge in [-0.05, 0) is 59.1 Å². The summed E-state index contributed by atoms with van der Waals surface area (Å²) in [5.74, 6) is 0.295. The monoisotopic (exact) mass is 448 g/mol. The minimum atomic E-state index is -0.410. The summed E-state index contributed by atoms with van der Waals surface area (Å²) < 4.78 is 7.23. The number of hydrogen-bond acceptors (Lipinski definition) is 6. The first-order chi connectivity index (χ1) is 12.9. The zero-order chi connectivity index (χ0) is 19.6. The van der Waals surface area contributed by atoms with Gasteiger partial charge in [-0.15, -0.1) is 11.3 Å². The molecule has 0 spiro atoms. The minimum absolute atomic E-state index is 0.153.